The molecular formula is C16H18ClN3O2S. The number of aromatic nitrogens is 1. The van der Waals surface area contributed by atoms with Gasteiger partial charge >= 0.3 is 0 Å². The SMILES string of the molecule is O=C(NCCN1CCOCC1)c1nc(-c2cccc(Cl)c2)cs1. The minimum Gasteiger partial charge on any atom is -0.379 e. The lowest BCUT2D eigenvalue weighted by Crippen LogP contribution is -2.41. The fourth-order valence-corrected chi connectivity index (χ4v) is 3.32. The Bertz CT molecular complexity index is 671. The van der Waals surface area contributed by atoms with Gasteiger partial charge in [0.05, 0.1) is 18.9 Å². The van der Waals surface area contributed by atoms with Gasteiger partial charge in [-0.15, -0.1) is 11.3 Å². The van der Waals surface area contributed by atoms with Crippen molar-refractivity contribution in [3.63, 3.8) is 0 Å². The normalized spacial score (nSPS) is 15.5. The first-order chi connectivity index (χ1) is 11.2. The standard InChI is InChI=1S/C16H18ClN3O2S/c17-13-3-1-2-12(10-13)14-11-23-16(19-14)15(21)18-4-5-20-6-8-22-9-7-20/h1-3,10-11H,4-9H2,(H,18,21). The highest BCUT2D eigenvalue weighted by Gasteiger charge is 2.14. The zero-order valence-corrected chi connectivity index (χ0v) is 14.2. The highest BCUT2D eigenvalue weighted by atomic mass is 35.5. The molecule has 122 valence electrons. The van der Waals surface area contributed by atoms with Crippen molar-refractivity contribution < 1.29 is 9.53 Å². The molecule has 3 rings (SSSR count). The summed E-state index contributed by atoms with van der Waals surface area (Å²) < 4.78 is 5.30. The highest BCUT2D eigenvalue weighted by Crippen LogP contribution is 2.24. The maximum absolute atomic E-state index is 12.2. The fraction of sp³-hybridized carbons (Fsp3) is 0.375. The minimum atomic E-state index is -0.128. The summed E-state index contributed by atoms with van der Waals surface area (Å²) in [6, 6.07) is 7.47. The van der Waals surface area contributed by atoms with Crippen LogP contribution in [0.25, 0.3) is 11.3 Å². The van der Waals surface area contributed by atoms with Crippen LogP contribution in [-0.4, -0.2) is 55.2 Å². The van der Waals surface area contributed by atoms with E-state index in [1.54, 1.807) is 0 Å². The number of carbonyl (C=O) groups excluding carboxylic acids is 1. The van der Waals surface area contributed by atoms with Gasteiger partial charge in [-0.3, -0.25) is 9.69 Å². The summed E-state index contributed by atoms with van der Waals surface area (Å²) >= 11 is 7.33. The average molecular weight is 352 g/mol. The molecule has 0 atom stereocenters. The largest absolute Gasteiger partial charge is 0.379 e. The summed E-state index contributed by atoms with van der Waals surface area (Å²) in [5, 5.41) is 5.93. The van der Waals surface area contributed by atoms with Gasteiger partial charge in [0, 0.05) is 42.1 Å². The molecule has 1 amide bonds. The van der Waals surface area contributed by atoms with E-state index in [1.807, 2.05) is 29.6 Å². The monoisotopic (exact) mass is 351 g/mol. The lowest BCUT2D eigenvalue weighted by atomic mass is 10.2. The number of halogens is 1. The molecule has 2 heterocycles. The van der Waals surface area contributed by atoms with Crippen LogP contribution >= 0.6 is 22.9 Å². The van der Waals surface area contributed by atoms with Gasteiger partial charge in [0.1, 0.15) is 0 Å². The van der Waals surface area contributed by atoms with Gasteiger partial charge in [0.15, 0.2) is 5.01 Å². The lowest BCUT2D eigenvalue weighted by Gasteiger charge is -2.26. The van der Waals surface area contributed by atoms with Crippen molar-refractivity contribution in [2.45, 2.75) is 0 Å². The van der Waals surface area contributed by atoms with Gasteiger partial charge in [0.2, 0.25) is 0 Å². The number of rotatable bonds is 5. The Morgan fingerprint density at radius 2 is 2.22 bits per heavy atom. The number of nitrogens with zero attached hydrogens (tertiary/aromatic N) is 2. The van der Waals surface area contributed by atoms with E-state index in [0.29, 0.717) is 16.6 Å². The first-order valence-electron chi connectivity index (χ1n) is 7.52. The second-order valence-electron chi connectivity index (χ2n) is 5.26. The topological polar surface area (TPSA) is 54.5 Å². The van der Waals surface area contributed by atoms with Crippen molar-refractivity contribution in [3.8, 4) is 11.3 Å². The lowest BCUT2D eigenvalue weighted by molar-refractivity contribution is 0.0383. The Balaban J connectivity index is 1.54. The first kappa shape index (κ1) is 16.4. The number of amides is 1. The van der Waals surface area contributed by atoms with Crippen molar-refractivity contribution in [2.75, 3.05) is 39.4 Å². The summed E-state index contributed by atoms with van der Waals surface area (Å²) in [5.41, 5.74) is 1.69. The van der Waals surface area contributed by atoms with E-state index in [4.69, 9.17) is 16.3 Å². The second-order valence-corrected chi connectivity index (χ2v) is 6.55. The summed E-state index contributed by atoms with van der Waals surface area (Å²) in [7, 11) is 0. The number of thiazole rings is 1. The molecule has 1 N–H and O–H groups in total. The van der Waals surface area contributed by atoms with Crippen LogP contribution in [0.3, 0.4) is 0 Å². The van der Waals surface area contributed by atoms with Crippen molar-refractivity contribution in [1.82, 2.24) is 15.2 Å². The predicted octanol–water partition coefficient (Wildman–Crippen LogP) is 2.53. The van der Waals surface area contributed by atoms with Crippen LogP contribution in [0.2, 0.25) is 5.02 Å². The number of hydrogen-bond donors (Lipinski definition) is 1. The van der Waals surface area contributed by atoms with Crippen molar-refractivity contribution in [1.29, 1.82) is 0 Å². The highest BCUT2D eigenvalue weighted by molar-refractivity contribution is 7.12. The van der Waals surface area contributed by atoms with Gasteiger partial charge in [-0.2, -0.15) is 0 Å². The number of nitrogens with one attached hydrogen (secondary N) is 1. The molecule has 1 aromatic carbocycles. The summed E-state index contributed by atoms with van der Waals surface area (Å²) in [6.45, 7) is 4.83. The number of ether oxygens (including phenoxy) is 1. The molecule has 0 bridgehead atoms. The van der Waals surface area contributed by atoms with Crippen LogP contribution < -0.4 is 5.32 Å². The third-order valence-electron chi connectivity index (χ3n) is 3.64. The maximum atomic E-state index is 12.2. The molecule has 1 fully saturated rings. The van der Waals surface area contributed by atoms with Gasteiger partial charge in [0.25, 0.3) is 5.91 Å². The summed E-state index contributed by atoms with van der Waals surface area (Å²) in [4.78, 5) is 18.8. The second kappa shape index (κ2) is 7.88. The van der Waals surface area contributed by atoms with Gasteiger partial charge in [-0.05, 0) is 12.1 Å². The zero-order valence-electron chi connectivity index (χ0n) is 12.6. The number of carbonyl (C=O) groups is 1. The molecule has 2 aromatic rings. The van der Waals surface area contributed by atoms with Crippen LogP contribution in [0, 0.1) is 0 Å². The molecule has 0 aliphatic carbocycles. The number of hydrogen-bond acceptors (Lipinski definition) is 5. The number of morpholine rings is 1. The summed E-state index contributed by atoms with van der Waals surface area (Å²) in [6.07, 6.45) is 0. The van der Waals surface area contributed by atoms with Crippen molar-refractivity contribution in [3.05, 3.63) is 39.7 Å². The Morgan fingerprint density at radius 3 is 3.00 bits per heavy atom. The predicted molar refractivity (Wildman–Crippen MR) is 92.2 cm³/mol. The van der Waals surface area contributed by atoms with Gasteiger partial charge in [-0.25, -0.2) is 4.98 Å². The molecule has 0 spiro atoms. The Kier molecular flexibility index (Phi) is 5.61. The molecule has 5 nitrogen and oxygen atoms in total. The minimum absolute atomic E-state index is 0.128. The van der Waals surface area contributed by atoms with Gasteiger partial charge in [-0.1, -0.05) is 23.7 Å². The van der Waals surface area contributed by atoms with Crippen LogP contribution in [0.1, 0.15) is 9.80 Å². The van der Waals surface area contributed by atoms with E-state index >= 15 is 0 Å². The molecule has 1 aliphatic heterocycles. The molecule has 1 aromatic heterocycles. The molecule has 7 heteroatoms. The third-order valence-corrected chi connectivity index (χ3v) is 4.71. The maximum Gasteiger partial charge on any atom is 0.280 e. The molecule has 0 saturated carbocycles. The van der Waals surface area contributed by atoms with Crippen LogP contribution in [-0.2, 0) is 4.74 Å². The van der Waals surface area contributed by atoms with E-state index in [1.165, 1.54) is 11.3 Å². The zero-order chi connectivity index (χ0) is 16.1. The van der Waals surface area contributed by atoms with E-state index < -0.39 is 0 Å². The molecule has 23 heavy (non-hydrogen) atoms. The van der Waals surface area contributed by atoms with Crippen LogP contribution in [0.15, 0.2) is 29.6 Å². The summed E-state index contributed by atoms with van der Waals surface area (Å²) in [5.74, 6) is -0.128. The third kappa shape index (κ3) is 4.51. The molecule has 0 unspecified atom stereocenters. The Morgan fingerprint density at radius 1 is 1.39 bits per heavy atom. The molecular weight excluding hydrogens is 334 g/mol. The molecule has 1 aliphatic rings. The van der Waals surface area contributed by atoms with E-state index in [0.717, 1.165) is 44.1 Å². The quantitative estimate of drug-likeness (QED) is 0.899. The smallest absolute Gasteiger partial charge is 0.280 e. The van der Waals surface area contributed by atoms with Crippen molar-refractivity contribution in [2.24, 2.45) is 0 Å². The first-order valence-corrected chi connectivity index (χ1v) is 8.78. The van der Waals surface area contributed by atoms with E-state index in [9.17, 15) is 4.79 Å². The van der Waals surface area contributed by atoms with E-state index in [2.05, 4.69) is 15.2 Å². The molecule has 1 saturated heterocycles. The Hall–Kier alpha value is -1.47. The molecule has 0 radical (unpaired) electrons. The van der Waals surface area contributed by atoms with Crippen LogP contribution in [0.4, 0.5) is 0 Å². The fourth-order valence-electron chi connectivity index (χ4n) is 2.39. The number of benzene rings is 1. The van der Waals surface area contributed by atoms with Gasteiger partial charge < -0.3 is 10.1 Å². The van der Waals surface area contributed by atoms with E-state index in [-0.39, 0.29) is 5.91 Å². The average Bonchev–Trinajstić information content (AvgIpc) is 3.06. The van der Waals surface area contributed by atoms with Crippen LogP contribution in [0.5, 0.6) is 0 Å². The van der Waals surface area contributed by atoms with Crippen molar-refractivity contribution >= 4 is 28.8 Å². The Labute approximate surface area is 144 Å².